The topological polar surface area (TPSA) is 89.2 Å². The zero-order valence-electron chi connectivity index (χ0n) is 16.1. The lowest BCUT2D eigenvalue weighted by Crippen LogP contribution is -2.29. The smallest absolute Gasteiger partial charge is 0.287 e. The molecule has 2 N–H and O–H groups in total. The van der Waals surface area contributed by atoms with Gasteiger partial charge in [0.05, 0.1) is 23.3 Å². The lowest BCUT2D eigenvalue weighted by Gasteiger charge is -2.16. The third-order valence-corrected chi connectivity index (χ3v) is 5.12. The summed E-state index contributed by atoms with van der Waals surface area (Å²) in [6.07, 6.45) is 1.45. The van der Waals surface area contributed by atoms with Crippen LogP contribution in [0.2, 0.25) is 0 Å². The number of rotatable bonds is 6. The fraction of sp³-hybridized carbons (Fsp3) is 0.136. The van der Waals surface area contributed by atoms with Crippen molar-refractivity contribution in [3.8, 4) is 0 Å². The lowest BCUT2D eigenvalue weighted by atomic mass is 10.2. The zero-order chi connectivity index (χ0) is 21.1. The quantitative estimate of drug-likeness (QED) is 0.437. The Balaban J connectivity index is 1.59. The van der Waals surface area contributed by atoms with Crippen molar-refractivity contribution >= 4 is 44.5 Å². The zero-order valence-corrected chi connectivity index (χ0v) is 17.7. The van der Waals surface area contributed by atoms with E-state index in [4.69, 9.17) is 4.42 Å². The summed E-state index contributed by atoms with van der Waals surface area (Å²) >= 11 is 3.38. The number of aromatic nitrogens is 2. The number of nitrogens with zero attached hydrogens (tertiary/aromatic N) is 2. The summed E-state index contributed by atoms with van der Waals surface area (Å²) in [5.41, 5.74) is 2.27. The molecule has 2 heterocycles. The van der Waals surface area contributed by atoms with Gasteiger partial charge < -0.3 is 19.6 Å². The largest absolute Gasteiger partial charge is 0.459 e. The third-order valence-electron chi connectivity index (χ3n) is 4.59. The Morgan fingerprint density at radius 1 is 1.10 bits per heavy atom. The van der Waals surface area contributed by atoms with Crippen LogP contribution in [0, 0.1) is 0 Å². The molecule has 0 bridgehead atoms. The molecule has 4 aromatic rings. The van der Waals surface area contributed by atoms with Crippen molar-refractivity contribution in [3.63, 3.8) is 0 Å². The Labute approximate surface area is 181 Å². The number of amides is 2. The van der Waals surface area contributed by atoms with E-state index in [1.165, 1.54) is 6.26 Å². The minimum atomic E-state index is -0.435. The molecule has 1 unspecified atom stereocenters. The number of hydrogen-bond donors (Lipinski definition) is 2. The molecule has 0 fully saturated rings. The predicted molar refractivity (Wildman–Crippen MR) is 117 cm³/mol. The molecule has 0 saturated heterocycles. The van der Waals surface area contributed by atoms with Crippen molar-refractivity contribution in [1.82, 2.24) is 14.9 Å². The number of nitrogens with one attached hydrogen (secondary N) is 2. The molecule has 0 saturated carbocycles. The summed E-state index contributed by atoms with van der Waals surface area (Å²) in [5.74, 6) is 0.274. The lowest BCUT2D eigenvalue weighted by molar-refractivity contribution is -0.116. The van der Waals surface area contributed by atoms with Gasteiger partial charge in [-0.3, -0.25) is 9.59 Å². The highest BCUT2D eigenvalue weighted by Crippen LogP contribution is 2.22. The maximum Gasteiger partial charge on any atom is 0.287 e. The Hall–Kier alpha value is -3.39. The minimum absolute atomic E-state index is 0.0624. The Kier molecular flexibility index (Phi) is 5.67. The molecule has 152 valence electrons. The first-order valence-corrected chi connectivity index (χ1v) is 10.2. The molecule has 1 atom stereocenters. The molecule has 0 aliphatic carbocycles. The van der Waals surface area contributed by atoms with Crippen LogP contribution in [0.3, 0.4) is 0 Å². The number of carbonyl (C=O) groups excluding carboxylic acids is 2. The summed E-state index contributed by atoms with van der Waals surface area (Å²) < 4.78 is 7.90. The number of hydrogen-bond acceptors (Lipinski definition) is 4. The molecule has 30 heavy (non-hydrogen) atoms. The van der Waals surface area contributed by atoms with Crippen LogP contribution in [-0.2, 0) is 11.3 Å². The maximum atomic E-state index is 12.7. The second-order valence-corrected chi connectivity index (χ2v) is 7.69. The molecule has 0 radical (unpaired) electrons. The first-order chi connectivity index (χ1) is 14.5. The predicted octanol–water partition coefficient (Wildman–Crippen LogP) is 4.52. The molecule has 0 spiro atoms. The fourth-order valence-electron chi connectivity index (χ4n) is 3.21. The van der Waals surface area contributed by atoms with Gasteiger partial charge in [-0.2, -0.15) is 0 Å². The molecular weight excluding hydrogens is 448 g/mol. The van der Waals surface area contributed by atoms with Gasteiger partial charge in [-0.25, -0.2) is 4.98 Å². The van der Waals surface area contributed by atoms with E-state index in [2.05, 4.69) is 31.5 Å². The van der Waals surface area contributed by atoms with Crippen LogP contribution in [0.4, 0.5) is 5.69 Å². The van der Waals surface area contributed by atoms with Gasteiger partial charge in [0.1, 0.15) is 12.4 Å². The van der Waals surface area contributed by atoms with Gasteiger partial charge in [0.15, 0.2) is 5.76 Å². The van der Waals surface area contributed by atoms with Crippen LogP contribution >= 0.6 is 15.9 Å². The Morgan fingerprint density at radius 3 is 2.60 bits per heavy atom. The van der Waals surface area contributed by atoms with E-state index in [-0.39, 0.29) is 24.1 Å². The van der Waals surface area contributed by atoms with Crippen molar-refractivity contribution in [2.24, 2.45) is 0 Å². The molecule has 4 rings (SSSR count). The van der Waals surface area contributed by atoms with E-state index in [0.29, 0.717) is 11.5 Å². The van der Waals surface area contributed by atoms with Gasteiger partial charge in [0.25, 0.3) is 5.91 Å². The molecule has 8 heteroatoms. The van der Waals surface area contributed by atoms with Gasteiger partial charge in [-0.05, 0) is 55.5 Å². The van der Waals surface area contributed by atoms with Gasteiger partial charge in [-0.15, -0.1) is 0 Å². The Bertz CT molecular complexity index is 1180. The number of carbonyl (C=O) groups is 2. The number of fused-ring (bicyclic) bond motifs is 1. The van der Waals surface area contributed by atoms with Crippen molar-refractivity contribution < 1.29 is 14.0 Å². The maximum absolute atomic E-state index is 12.7. The average molecular weight is 467 g/mol. The number of para-hydroxylation sites is 2. The second kappa shape index (κ2) is 8.54. The van der Waals surface area contributed by atoms with E-state index in [1.54, 1.807) is 12.1 Å². The van der Waals surface area contributed by atoms with E-state index in [0.717, 1.165) is 15.5 Å². The van der Waals surface area contributed by atoms with Gasteiger partial charge in [0.2, 0.25) is 5.91 Å². The van der Waals surface area contributed by atoms with Crippen LogP contribution in [0.5, 0.6) is 0 Å². The fourth-order valence-corrected chi connectivity index (χ4v) is 3.47. The number of benzene rings is 2. The first-order valence-electron chi connectivity index (χ1n) is 9.36. The normalized spacial score (nSPS) is 11.9. The van der Waals surface area contributed by atoms with Gasteiger partial charge in [0, 0.05) is 10.2 Å². The summed E-state index contributed by atoms with van der Waals surface area (Å²) in [6.45, 7) is 1.89. The molecule has 2 amide bonds. The Morgan fingerprint density at radius 2 is 1.87 bits per heavy atom. The number of anilines is 1. The summed E-state index contributed by atoms with van der Waals surface area (Å²) in [7, 11) is 0. The van der Waals surface area contributed by atoms with Crippen molar-refractivity contribution in [2.75, 3.05) is 5.32 Å². The van der Waals surface area contributed by atoms with Crippen LogP contribution in [-0.4, -0.2) is 21.4 Å². The number of furan rings is 1. The minimum Gasteiger partial charge on any atom is -0.459 e. The molecule has 2 aromatic heterocycles. The monoisotopic (exact) mass is 466 g/mol. The molecule has 7 nitrogen and oxygen atoms in total. The molecule has 2 aromatic carbocycles. The summed E-state index contributed by atoms with van der Waals surface area (Å²) in [6, 6.07) is 17.7. The van der Waals surface area contributed by atoms with E-state index >= 15 is 0 Å². The van der Waals surface area contributed by atoms with Crippen molar-refractivity contribution in [2.45, 2.75) is 19.5 Å². The number of imidazole rings is 1. The van der Waals surface area contributed by atoms with Crippen LogP contribution < -0.4 is 10.6 Å². The van der Waals surface area contributed by atoms with E-state index < -0.39 is 6.04 Å². The van der Waals surface area contributed by atoms with Gasteiger partial charge >= 0.3 is 0 Å². The molecule has 0 aliphatic rings. The highest BCUT2D eigenvalue weighted by Gasteiger charge is 2.21. The highest BCUT2D eigenvalue weighted by molar-refractivity contribution is 9.10. The van der Waals surface area contributed by atoms with Crippen molar-refractivity contribution in [1.29, 1.82) is 0 Å². The van der Waals surface area contributed by atoms with E-state index in [1.807, 2.05) is 60.0 Å². The number of halogens is 1. The highest BCUT2D eigenvalue weighted by atomic mass is 79.9. The van der Waals surface area contributed by atoms with Gasteiger partial charge in [-0.1, -0.05) is 28.1 Å². The average Bonchev–Trinajstić information content (AvgIpc) is 3.39. The third kappa shape index (κ3) is 4.28. The molecule has 0 aliphatic heterocycles. The van der Waals surface area contributed by atoms with Crippen LogP contribution in [0.1, 0.15) is 29.3 Å². The summed E-state index contributed by atoms with van der Waals surface area (Å²) in [5, 5.41) is 5.77. The van der Waals surface area contributed by atoms with Crippen LogP contribution in [0.15, 0.2) is 75.8 Å². The summed E-state index contributed by atoms with van der Waals surface area (Å²) in [4.78, 5) is 29.8. The van der Waals surface area contributed by atoms with E-state index in [9.17, 15) is 9.59 Å². The first kappa shape index (κ1) is 19.9. The van der Waals surface area contributed by atoms with Crippen molar-refractivity contribution in [3.05, 3.63) is 83.0 Å². The van der Waals surface area contributed by atoms with Crippen LogP contribution in [0.25, 0.3) is 11.0 Å². The second-order valence-electron chi connectivity index (χ2n) is 6.77. The SMILES string of the molecule is CC(NC(=O)c1ccco1)c1nc2ccccc2n1CC(=O)Nc1ccc(Br)cc1. The standard InChI is InChI=1S/C22H19BrN4O3/c1-14(24-22(29)19-7-4-12-30-19)21-26-17-5-2-3-6-18(17)27(21)13-20(28)25-16-10-8-15(23)9-11-16/h2-12,14H,13H2,1H3,(H,24,29)(H,25,28). The molecular formula is C22H19BrN4O3.